The highest BCUT2D eigenvalue weighted by atomic mass is 32.1. The lowest BCUT2D eigenvalue weighted by Gasteiger charge is -2.13. The molecule has 8 nitrogen and oxygen atoms in total. The van der Waals surface area contributed by atoms with E-state index < -0.39 is 12.1 Å². The van der Waals surface area contributed by atoms with Gasteiger partial charge in [0.15, 0.2) is 0 Å². The molecule has 0 aliphatic carbocycles. The van der Waals surface area contributed by atoms with Gasteiger partial charge in [-0.3, -0.25) is 0 Å². The molecule has 0 fully saturated rings. The molecule has 0 atom stereocenters. The summed E-state index contributed by atoms with van der Waals surface area (Å²) in [5.41, 5.74) is 11.7. The van der Waals surface area contributed by atoms with Crippen LogP contribution in [0.4, 0.5) is 19.6 Å². The van der Waals surface area contributed by atoms with Crippen LogP contribution in [0.5, 0.6) is 0 Å². The number of carbonyl (C=O) groups is 2. The molecular formula is C12H14N6O2S. The molecule has 0 bridgehead atoms. The second-order valence-electron chi connectivity index (χ2n) is 4.09. The van der Waals surface area contributed by atoms with Gasteiger partial charge in [-0.1, -0.05) is 41.7 Å². The van der Waals surface area contributed by atoms with E-state index in [1.807, 2.05) is 30.3 Å². The molecule has 21 heavy (non-hydrogen) atoms. The fourth-order valence-corrected chi connectivity index (χ4v) is 2.74. The highest BCUT2D eigenvalue weighted by Gasteiger charge is 2.21. The number of hydrazine groups is 2. The molecule has 4 amide bonds. The molecule has 8 N–H and O–H groups in total. The first-order valence-electron chi connectivity index (χ1n) is 5.79. The van der Waals surface area contributed by atoms with Crippen LogP contribution in [-0.2, 0) is 0 Å². The molecule has 2 aromatic rings. The molecule has 0 aliphatic rings. The van der Waals surface area contributed by atoms with E-state index in [0.717, 1.165) is 26.9 Å². The van der Waals surface area contributed by atoms with E-state index in [0.29, 0.717) is 15.6 Å². The van der Waals surface area contributed by atoms with E-state index in [2.05, 4.69) is 0 Å². The normalized spacial score (nSPS) is 10.2. The molecule has 1 aromatic carbocycles. The Labute approximate surface area is 124 Å². The zero-order chi connectivity index (χ0) is 15.6. The summed E-state index contributed by atoms with van der Waals surface area (Å²) in [6, 6.07) is 9.12. The number of amides is 4. The summed E-state index contributed by atoms with van der Waals surface area (Å²) >= 11 is 1.03. The molecule has 110 valence electrons. The number of nitrogens with two attached hydrogens (primary N) is 4. The molecule has 0 saturated heterocycles. The van der Waals surface area contributed by atoms with Crippen LogP contribution in [0.25, 0.3) is 11.1 Å². The number of benzene rings is 1. The number of primary amides is 2. The standard InChI is InChI=1S/C12H14N6O2S/c13-11(19)17(15)9-6-8(7-4-2-1-3-5-7)10(21-9)18(16)12(14)20/h1-6H,15-16H2,(H2,13,19)(H2,14,20). The number of urea groups is 2. The SMILES string of the molecule is NC(=O)N(N)c1cc(-c2ccccc2)c(N(N)C(N)=O)s1. The van der Waals surface area contributed by atoms with Crippen LogP contribution >= 0.6 is 11.3 Å². The number of rotatable bonds is 3. The first-order chi connectivity index (χ1) is 9.91. The van der Waals surface area contributed by atoms with Crippen molar-refractivity contribution in [2.45, 2.75) is 0 Å². The van der Waals surface area contributed by atoms with Gasteiger partial charge >= 0.3 is 12.1 Å². The Balaban J connectivity index is 2.56. The zero-order valence-corrected chi connectivity index (χ0v) is 11.7. The Bertz CT molecular complexity index is 672. The van der Waals surface area contributed by atoms with Gasteiger partial charge in [-0.25, -0.2) is 31.3 Å². The summed E-state index contributed by atoms with van der Waals surface area (Å²) in [5.74, 6) is 11.2. The maximum Gasteiger partial charge on any atom is 0.334 e. The van der Waals surface area contributed by atoms with Crippen LogP contribution in [0.3, 0.4) is 0 Å². The largest absolute Gasteiger partial charge is 0.350 e. The van der Waals surface area contributed by atoms with Crippen molar-refractivity contribution in [2.24, 2.45) is 23.2 Å². The fourth-order valence-electron chi connectivity index (χ4n) is 1.70. The molecule has 0 aliphatic heterocycles. The average Bonchev–Trinajstić information content (AvgIpc) is 2.91. The van der Waals surface area contributed by atoms with Gasteiger partial charge in [-0.2, -0.15) is 0 Å². The predicted octanol–water partition coefficient (Wildman–Crippen LogP) is 0.933. The molecule has 1 aromatic heterocycles. The third-order valence-electron chi connectivity index (χ3n) is 2.72. The van der Waals surface area contributed by atoms with E-state index in [4.69, 9.17) is 23.2 Å². The average molecular weight is 306 g/mol. The first-order valence-corrected chi connectivity index (χ1v) is 6.61. The van der Waals surface area contributed by atoms with Crippen molar-refractivity contribution in [1.29, 1.82) is 0 Å². The molecule has 0 spiro atoms. The highest BCUT2D eigenvalue weighted by Crippen LogP contribution is 2.41. The number of nitrogens with zero attached hydrogens (tertiary/aromatic N) is 2. The first kappa shape index (κ1) is 14.8. The second-order valence-corrected chi connectivity index (χ2v) is 5.10. The quantitative estimate of drug-likeness (QED) is 0.379. The van der Waals surface area contributed by atoms with Crippen molar-refractivity contribution < 1.29 is 9.59 Å². The van der Waals surface area contributed by atoms with Crippen molar-refractivity contribution in [3.05, 3.63) is 36.4 Å². The van der Waals surface area contributed by atoms with E-state index in [1.54, 1.807) is 6.07 Å². The Hall–Kier alpha value is -2.62. The Morgan fingerprint density at radius 2 is 1.52 bits per heavy atom. The lowest BCUT2D eigenvalue weighted by Crippen LogP contribution is -2.41. The van der Waals surface area contributed by atoms with Gasteiger partial charge in [0.1, 0.15) is 10.0 Å². The van der Waals surface area contributed by atoms with Crippen molar-refractivity contribution in [1.82, 2.24) is 0 Å². The molecular weight excluding hydrogens is 292 g/mol. The predicted molar refractivity (Wildman–Crippen MR) is 82.3 cm³/mol. The van der Waals surface area contributed by atoms with Crippen molar-refractivity contribution in [3.8, 4) is 11.1 Å². The Morgan fingerprint density at radius 3 is 2.05 bits per heavy atom. The molecule has 0 unspecified atom stereocenters. The van der Waals surface area contributed by atoms with Crippen LogP contribution < -0.4 is 33.2 Å². The summed E-state index contributed by atoms with van der Waals surface area (Å²) in [6.07, 6.45) is 0. The summed E-state index contributed by atoms with van der Waals surface area (Å²) in [7, 11) is 0. The van der Waals surface area contributed by atoms with E-state index in [9.17, 15) is 9.59 Å². The maximum atomic E-state index is 11.3. The summed E-state index contributed by atoms with van der Waals surface area (Å²) < 4.78 is 0. The molecule has 2 rings (SSSR count). The summed E-state index contributed by atoms with van der Waals surface area (Å²) in [5, 5.41) is 2.27. The van der Waals surface area contributed by atoms with Gasteiger partial charge in [-0.15, -0.1) is 0 Å². The third-order valence-corrected chi connectivity index (χ3v) is 3.85. The third kappa shape index (κ3) is 2.94. The second kappa shape index (κ2) is 5.79. The lowest BCUT2D eigenvalue weighted by molar-refractivity contribution is 0.253. The van der Waals surface area contributed by atoms with E-state index in [1.165, 1.54) is 0 Å². The minimum atomic E-state index is -0.830. The smallest absolute Gasteiger partial charge is 0.334 e. The molecule has 0 radical (unpaired) electrons. The lowest BCUT2D eigenvalue weighted by atomic mass is 10.1. The van der Waals surface area contributed by atoms with Gasteiger partial charge in [0.25, 0.3) is 0 Å². The van der Waals surface area contributed by atoms with Gasteiger partial charge < -0.3 is 11.5 Å². The van der Waals surface area contributed by atoms with Crippen LogP contribution in [0.1, 0.15) is 0 Å². The van der Waals surface area contributed by atoms with Crippen LogP contribution in [-0.4, -0.2) is 12.1 Å². The highest BCUT2D eigenvalue weighted by molar-refractivity contribution is 7.21. The Kier molecular flexibility index (Phi) is 4.08. The summed E-state index contributed by atoms with van der Waals surface area (Å²) in [6.45, 7) is 0. The minimum Gasteiger partial charge on any atom is -0.350 e. The van der Waals surface area contributed by atoms with Gasteiger partial charge in [0.2, 0.25) is 0 Å². The van der Waals surface area contributed by atoms with E-state index >= 15 is 0 Å². The number of hydrogen-bond acceptors (Lipinski definition) is 5. The fraction of sp³-hybridized carbons (Fsp3) is 0. The minimum absolute atomic E-state index is 0.341. The van der Waals surface area contributed by atoms with Crippen LogP contribution in [0, 0.1) is 0 Å². The maximum absolute atomic E-state index is 11.3. The monoisotopic (exact) mass is 306 g/mol. The number of thiophene rings is 1. The van der Waals surface area contributed by atoms with Crippen molar-refractivity contribution in [2.75, 3.05) is 10.0 Å². The number of hydrogen-bond donors (Lipinski definition) is 4. The molecule has 9 heteroatoms. The van der Waals surface area contributed by atoms with Crippen molar-refractivity contribution in [3.63, 3.8) is 0 Å². The van der Waals surface area contributed by atoms with Gasteiger partial charge in [-0.05, 0) is 11.6 Å². The molecule has 0 saturated carbocycles. The number of anilines is 2. The summed E-state index contributed by atoms with van der Waals surface area (Å²) in [4.78, 5) is 22.4. The molecule has 1 heterocycles. The van der Waals surface area contributed by atoms with Gasteiger partial charge in [0, 0.05) is 5.56 Å². The van der Waals surface area contributed by atoms with Crippen LogP contribution in [0.15, 0.2) is 36.4 Å². The van der Waals surface area contributed by atoms with E-state index in [-0.39, 0.29) is 0 Å². The Morgan fingerprint density at radius 1 is 0.952 bits per heavy atom. The van der Waals surface area contributed by atoms with Crippen LogP contribution in [0.2, 0.25) is 0 Å². The topological polar surface area (TPSA) is 145 Å². The zero-order valence-electron chi connectivity index (χ0n) is 10.9. The number of carbonyl (C=O) groups excluding carboxylic acids is 2. The van der Waals surface area contributed by atoms with Gasteiger partial charge in [0.05, 0.1) is 0 Å². The van der Waals surface area contributed by atoms with Crippen molar-refractivity contribution >= 4 is 33.4 Å².